The summed E-state index contributed by atoms with van der Waals surface area (Å²) in [5, 5.41) is 4.54. The summed E-state index contributed by atoms with van der Waals surface area (Å²) in [6.45, 7) is 0.0528. The Bertz CT molecular complexity index is 571. The molecule has 0 unspecified atom stereocenters. The average molecular weight is 313 g/mol. The molecule has 1 aromatic heterocycles. The summed E-state index contributed by atoms with van der Waals surface area (Å²) in [4.78, 5) is 16.6. The number of carbonyl (C=O) groups is 1. The first-order valence-corrected chi connectivity index (χ1v) is 7.24. The third-order valence-electron chi connectivity index (χ3n) is 2.35. The maximum absolute atomic E-state index is 11.4. The first-order chi connectivity index (χ1) is 9.67. The van der Waals surface area contributed by atoms with E-state index in [-0.39, 0.29) is 18.8 Å². The number of aromatic nitrogens is 2. The first-order valence-electron chi connectivity index (χ1n) is 5.88. The highest BCUT2D eigenvalue weighted by Gasteiger charge is 2.11. The van der Waals surface area contributed by atoms with Crippen LogP contribution in [0.25, 0.3) is 0 Å². The first kappa shape index (κ1) is 15.0. The summed E-state index contributed by atoms with van der Waals surface area (Å²) in [5.74, 6) is 1.36. The molecule has 1 heterocycles. The maximum atomic E-state index is 11.4. The normalized spacial score (nSPS) is 10.7. The Hall–Kier alpha value is -1.37. The lowest BCUT2D eigenvalue weighted by Crippen LogP contribution is -2.09. The van der Waals surface area contributed by atoms with Crippen molar-refractivity contribution in [3.63, 3.8) is 0 Å². The Kier molecular flexibility index (Phi) is 5.58. The van der Waals surface area contributed by atoms with Gasteiger partial charge in [0.2, 0.25) is 5.89 Å². The number of nitrogens with zero attached hydrogens (tertiary/aromatic N) is 2. The zero-order chi connectivity index (χ0) is 14.4. The lowest BCUT2D eigenvalue weighted by Gasteiger charge is -1.97. The highest BCUT2D eigenvalue weighted by Crippen LogP contribution is 2.23. The van der Waals surface area contributed by atoms with Crippen LogP contribution in [0.15, 0.2) is 33.7 Å². The van der Waals surface area contributed by atoms with Crippen LogP contribution < -0.4 is 0 Å². The predicted molar refractivity (Wildman–Crippen MR) is 75.9 cm³/mol. The van der Waals surface area contributed by atoms with Gasteiger partial charge in [-0.25, -0.2) is 0 Å². The molecule has 1 aromatic carbocycles. The van der Waals surface area contributed by atoms with Crippen molar-refractivity contribution >= 4 is 29.1 Å². The molecule has 5 nitrogen and oxygen atoms in total. The number of Topliss-reactive ketones (excluding diaryl/α,β-unsaturated/α-hetero) is 1. The summed E-state index contributed by atoms with van der Waals surface area (Å²) in [6.07, 6.45) is 0.104. The van der Waals surface area contributed by atoms with Gasteiger partial charge in [-0.05, 0) is 24.3 Å². The van der Waals surface area contributed by atoms with Crippen LogP contribution in [-0.4, -0.2) is 29.6 Å². The third kappa shape index (κ3) is 4.63. The topological polar surface area (TPSA) is 65.2 Å². The van der Waals surface area contributed by atoms with Crippen molar-refractivity contribution in [2.45, 2.75) is 17.1 Å². The van der Waals surface area contributed by atoms with Gasteiger partial charge in [-0.2, -0.15) is 4.98 Å². The third-order valence-corrected chi connectivity index (χ3v) is 3.61. The molecule has 0 aliphatic rings. The Balaban J connectivity index is 1.86. The zero-order valence-corrected chi connectivity index (χ0v) is 12.4. The lowest BCUT2D eigenvalue weighted by molar-refractivity contribution is -0.122. The number of carbonyl (C=O) groups excluding carboxylic acids is 1. The van der Waals surface area contributed by atoms with E-state index in [0.29, 0.717) is 22.5 Å². The fourth-order valence-electron chi connectivity index (χ4n) is 1.48. The van der Waals surface area contributed by atoms with Crippen LogP contribution in [0.5, 0.6) is 0 Å². The molecule has 0 saturated heterocycles. The Morgan fingerprint density at radius 3 is 2.85 bits per heavy atom. The molecule has 2 aromatic rings. The molecule has 0 fully saturated rings. The lowest BCUT2D eigenvalue weighted by atomic mass is 10.3. The van der Waals surface area contributed by atoms with Crippen LogP contribution in [0.4, 0.5) is 0 Å². The smallest absolute Gasteiger partial charge is 0.234 e. The molecule has 0 amide bonds. The largest absolute Gasteiger partial charge is 0.377 e. The maximum Gasteiger partial charge on any atom is 0.234 e. The van der Waals surface area contributed by atoms with Gasteiger partial charge in [0.1, 0.15) is 6.61 Å². The van der Waals surface area contributed by atoms with Gasteiger partial charge in [0.15, 0.2) is 11.6 Å². The summed E-state index contributed by atoms with van der Waals surface area (Å²) in [6, 6.07) is 7.51. The second-order valence-electron chi connectivity index (χ2n) is 4.00. The monoisotopic (exact) mass is 312 g/mol. The molecule has 7 heteroatoms. The highest BCUT2D eigenvalue weighted by molar-refractivity contribution is 7.98. The van der Waals surface area contributed by atoms with Gasteiger partial charge in [-0.1, -0.05) is 16.8 Å². The van der Waals surface area contributed by atoms with E-state index in [9.17, 15) is 4.79 Å². The van der Waals surface area contributed by atoms with Crippen molar-refractivity contribution in [2.24, 2.45) is 0 Å². The Morgan fingerprint density at radius 1 is 1.40 bits per heavy atom. The molecule has 106 valence electrons. The quantitative estimate of drug-likeness (QED) is 0.732. The van der Waals surface area contributed by atoms with Crippen LogP contribution >= 0.6 is 23.4 Å². The number of halogens is 1. The number of benzene rings is 1. The van der Waals surface area contributed by atoms with Gasteiger partial charge in [-0.15, -0.1) is 11.8 Å². The van der Waals surface area contributed by atoms with Crippen LogP contribution in [0.3, 0.4) is 0 Å². The number of ether oxygens (including phenoxy) is 1. The summed E-state index contributed by atoms with van der Waals surface area (Å²) in [7, 11) is 1.47. The van der Waals surface area contributed by atoms with Gasteiger partial charge in [-0.3, -0.25) is 4.79 Å². The summed E-state index contributed by atoms with van der Waals surface area (Å²) < 4.78 is 9.76. The number of methoxy groups -OCH3 is 1. The molecule has 0 N–H and O–H groups in total. The molecule has 0 aliphatic carbocycles. The number of thioether (sulfide) groups is 1. The molecule has 0 bridgehead atoms. The Labute approximate surface area is 125 Å². The molecule has 0 aliphatic heterocycles. The predicted octanol–water partition coefficient (Wildman–Crippen LogP) is 2.77. The molecule has 0 saturated carbocycles. The van der Waals surface area contributed by atoms with Gasteiger partial charge in [0.25, 0.3) is 0 Å². The number of ketones is 1. The van der Waals surface area contributed by atoms with Gasteiger partial charge in [0.05, 0.1) is 12.2 Å². The van der Waals surface area contributed by atoms with Gasteiger partial charge in [0, 0.05) is 17.0 Å². The molecule has 0 radical (unpaired) electrons. The minimum atomic E-state index is -0.0898. The van der Waals surface area contributed by atoms with Crippen molar-refractivity contribution in [1.29, 1.82) is 0 Å². The SMILES string of the molecule is COCC(=O)Cc1nc(CSc2ccc(Cl)cc2)no1. The van der Waals surface area contributed by atoms with E-state index in [0.717, 1.165) is 4.90 Å². The summed E-state index contributed by atoms with van der Waals surface area (Å²) >= 11 is 7.39. The fourth-order valence-corrected chi connectivity index (χ4v) is 2.35. The Morgan fingerprint density at radius 2 is 2.15 bits per heavy atom. The highest BCUT2D eigenvalue weighted by atomic mass is 35.5. The zero-order valence-electron chi connectivity index (χ0n) is 10.8. The van der Waals surface area contributed by atoms with Gasteiger partial charge < -0.3 is 9.26 Å². The van der Waals surface area contributed by atoms with E-state index in [1.165, 1.54) is 7.11 Å². The van der Waals surface area contributed by atoms with Crippen LogP contribution in [0, 0.1) is 0 Å². The minimum Gasteiger partial charge on any atom is -0.377 e. The van der Waals surface area contributed by atoms with Crippen LogP contribution in [0.2, 0.25) is 5.02 Å². The molecular formula is C13H13ClN2O3S. The second-order valence-corrected chi connectivity index (χ2v) is 5.48. The van der Waals surface area contributed by atoms with Crippen LogP contribution in [-0.2, 0) is 21.7 Å². The molecular weight excluding hydrogens is 300 g/mol. The second kappa shape index (κ2) is 7.42. The van der Waals surface area contributed by atoms with E-state index in [4.69, 9.17) is 20.9 Å². The molecule has 2 rings (SSSR count). The van der Waals surface area contributed by atoms with Crippen molar-refractivity contribution in [2.75, 3.05) is 13.7 Å². The van der Waals surface area contributed by atoms with E-state index in [1.807, 2.05) is 24.3 Å². The van der Waals surface area contributed by atoms with E-state index < -0.39 is 0 Å². The van der Waals surface area contributed by atoms with E-state index in [2.05, 4.69) is 10.1 Å². The standard InChI is InChI=1S/C13H13ClN2O3S/c1-18-7-10(17)6-13-15-12(16-19-13)8-20-11-4-2-9(14)3-5-11/h2-5H,6-8H2,1H3. The minimum absolute atomic E-state index is 0.0528. The molecule has 0 spiro atoms. The van der Waals surface area contributed by atoms with Crippen molar-refractivity contribution in [1.82, 2.24) is 10.1 Å². The average Bonchev–Trinajstić information content (AvgIpc) is 2.86. The van der Waals surface area contributed by atoms with Crippen molar-refractivity contribution in [3.05, 3.63) is 41.0 Å². The van der Waals surface area contributed by atoms with E-state index >= 15 is 0 Å². The van der Waals surface area contributed by atoms with E-state index in [1.54, 1.807) is 11.8 Å². The van der Waals surface area contributed by atoms with Crippen LogP contribution in [0.1, 0.15) is 11.7 Å². The van der Waals surface area contributed by atoms with Crippen molar-refractivity contribution < 1.29 is 14.1 Å². The number of rotatable bonds is 7. The summed E-state index contributed by atoms with van der Waals surface area (Å²) in [5.41, 5.74) is 0. The van der Waals surface area contributed by atoms with Gasteiger partial charge >= 0.3 is 0 Å². The number of hydrogen-bond acceptors (Lipinski definition) is 6. The van der Waals surface area contributed by atoms with Crippen molar-refractivity contribution in [3.8, 4) is 0 Å². The molecule has 0 atom stereocenters. The molecule has 20 heavy (non-hydrogen) atoms. The fraction of sp³-hybridized carbons (Fsp3) is 0.308. The number of hydrogen-bond donors (Lipinski definition) is 0.